The molecule has 0 aliphatic carbocycles. The Morgan fingerprint density at radius 1 is 1.10 bits per heavy atom. The van der Waals surface area contributed by atoms with Crippen LogP contribution in [0.15, 0.2) is 59.0 Å². The lowest BCUT2D eigenvalue weighted by molar-refractivity contribution is -0.385. The Labute approximate surface area is 176 Å². The predicted molar refractivity (Wildman–Crippen MR) is 115 cm³/mol. The van der Waals surface area contributed by atoms with Crippen LogP contribution in [-0.2, 0) is 0 Å². The molecule has 0 atom stereocenters. The Morgan fingerprint density at radius 3 is 2.60 bits per heavy atom. The van der Waals surface area contributed by atoms with Gasteiger partial charge in [-0.1, -0.05) is 23.7 Å². The summed E-state index contributed by atoms with van der Waals surface area (Å²) in [5.74, 6) is -0.252. The number of anilines is 1. The van der Waals surface area contributed by atoms with Gasteiger partial charge in [0.1, 0.15) is 11.1 Å². The normalized spacial score (nSPS) is 10.9. The number of halogens is 1. The van der Waals surface area contributed by atoms with E-state index in [9.17, 15) is 14.9 Å². The smallest absolute Gasteiger partial charge is 0.282 e. The van der Waals surface area contributed by atoms with Gasteiger partial charge in [-0.2, -0.15) is 0 Å². The maximum Gasteiger partial charge on any atom is 0.282 e. The van der Waals surface area contributed by atoms with Crippen molar-refractivity contribution in [1.29, 1.82) is 0 Å². The second kappa shape index (κ2) is 7.61. The molecule has 4 rings (SSSR count). The standard InChI is InChI=1S/C22H16ClN3O4/c1-12-9-18-20(10-13(12)2)30-22(25-18)14-7-8-16(23)17(11-14)24-21(27)15-5-3-4-6-19(15)26(28)29/h3-11H,1-2H3,(H,24,27). The summed E-state index contributed by atoms with van der Waals surface area (Å²) in [7, 11) is 0. The van der Waals surface area contributed by atoms with Gasteiger partial charge in [-0.3, -0.25) is 14.9 Å². The van der Waals surface area contributed by atoms with Gasteiger partial charge in [0.05, 0.1) is 15.6 Å². The van der Waals surface area contributed by atoms with Crippen LogP contribution in [0, 0.1) is 24.0 Å². The van der Waals surface area contributed by atoms with Crippen LogP contribution < -0.4 is 5.32 Å². The Bertz CT molecular complexity index is 1270. The van der Waals surface area contributed by atoms with Crippen molar-refractivity contribution in [2.24, 2.45) is 0 Å². The highest BCUT2D eigenvalue weighted by molar-refractivity contribution is 6.34. The predicted octanol–water partition coefficient (Wildman–Crippen LogP) is 5.93. The zero-order valence-corrected chi connectivity index (χ0v) is 16.9. The molecule has 1 heterocycles. The second-order valence-electron chi connectivity index (χ2n) is 6.85. The fraction of sp³-hybridized carbons (Fsp3) is 0.0909. The summed E-state index contributed by atoms with van der Waals surface area (Å²) in [6, 6.07) is 14.6. The molecule has 0 saturated carbocycles. The number of nitrogens with one attached hydrogen (secondary N) is 1. The first-order valence-corrected chi connectivity index (χ1v) is 9.44. The summed E-state index contributed by atoms with van der Waals surface area (Å²) < 4.78 is 5.87. The molecule has 1 N–H and O–H groups in total. The van der Waals surface area contributed by atoms with Crippen molar-refractivity contribution < 1.29 is 14.1 Å². The Kier molecular flexibility index (Phi) is 4.97. The first-order chi connectivity index (χ1) is 14.3. The molecule has 0 radical (unpaired) electrons. The second-order valence-corrected chi connectivity index (χ2v) is 7.25. The molecule has 1 aromatic heterocycles. The highest BCUT2D eigenvalue weighted by atomic mass is 35.5. The van der Waals surface area contributed by atoms with Crippen LogP contribution in [-0.4, -0.2) is 15.8 Å². The third-order valence-corrected chi connectivity index (χ3v) is 5.14. The first-order valence-electron chi connectivity index (χ1n) is 9.06. The highest BCUT2D eigenvalue weighted by Gasteiger charge is 2.20. The van der Waals surface area contributed by atoms with Crippen LogP contribution >= 0.6 is 11.6 Å². The molecule has 4 aromatic rings. The van der Waals surface area contributed by atoms with Crippen LogP contribution in [0.2, 0.25) is 5.02 Å². The summed E-state index contributed by atoms with van der Waals surface area (Å²) >= 11 is 6.24. The van der Waals surface area contributed by atoms with Crippen molar-refractivity contribution in [2.45, 2.75) is 13.8 Å². The van der Waals surface area contributed by atoms with Crippen molar-refractivity contribution in [2.75, 3.05) is 5.32 Å². The molecular formula is C22H16ClN3O4. The first kappa shape index (κ1) is 19.6. The Hall–Kier alpha value is -3.71. The maximum absolute atomic E-state index is 12.6. The number of aromatic nitrogens is 1. The number of hydrogen-bond acceptors (Lipinski definition) is 5. The van der Waals surface area contributed by atoms with Crippen LogP contribution in [0.25, 0.3) is 22.6 Å². The third-order valence-electron chi connectivity index (χ3n) is 4.81. The van der Waals surface area contributed by atoms with E-state index < -0.39 is 10.8 Å². The minimum absolute atomic E-state index is 0.0585. The molecule has 0 aliphatic heterocycles. The fourth-order valence-corrected chi connectivity index (χ4v) is 3.24. The van der Waals surface area contributed by atoms with Gasteiger partial charge in [-0.15, -0.1) is 0 Å². The van der Waals surface area contributed by atoms with E-state index >= 15 is 0 Å². The summed E-state index contributed by atoms with van der Waals surface area (Å²) in [6.45, 7) is 4.00. The molecule has 150 valence electrons. The number of nitrogens with zero attached hydrogens (tertiary/aromatic N) is 2. The van der Waals surface area contributed by atoms with E-state index in [0.29, 0.717) is 22.7 Å². The van der Waals surface area contributed by atoms with Gasteiger partial charge in [-0.05, 0) is 61.4 Å². The van der Waals surface area contributed by atoms with Gasteiger partial charge in [-0.25, -0.2) is 4.98 Å². The minimum atomic E-state index is -0.634. The molecule has 0 bridgehead atoms. The molecule has 0 spiro atoms. The number of nitro benzene ring substituents is 1. The number of hydrogen-bond donors (Lipinski definition) is 1. The molecule has 0 saturated heterocycles. The molecule has 0 fully saturated rings. The minimum Gasteiger partial charge on any atom is -0.436 e. The number of carbonyl (C=O) groups excluding carboxylic acids is 1. The molecule has 30 heavy (non-hydrogen) atoms. The molecular weight excluding hydrogens is 406 g/mol. The number of benzene rings is 3. The number of nitro groups is 1. The van der Waals surface area contributed by atoms with Gasteiger partial charge >= 0.3 is 0 Å². The quantitative estimate of drug-likeness (QED) is 0.325. The SMILES string of the molecule is Cc1cc2nc(-c3ccc(Cl)c(NC(=O)c4ccccc4[N+](=O)[O-])c3)oc2cc1C. The van der Waals surface area contributed by atoms with Gasteiger partial charge in [0.25, 0.3) is 11.6 Å². The highest BCUT2D eigenvalue weighted by Crippen LogP contribution is 2.32. The summed E-state index contributed by atoms with van der Waals surface area (Å²) in [6.07, 6.45) is 0. The monoisotopic (exact) mass is 421 g/mol. The summed E-state index contributed by atoms with van der Waals surface area (Å²) in [5.41, 5.74) is 4.16. The van der Waals surface area contributed by atoms with E-state index in [-0.39, 0.29) is 16.3 Å². The van der Waals surface area contributed by atoms with E-state index in [4.69, 9.17) is 16.0 Å². The van der Waals surface area contributed by atoms with Crippen molar-refractivity contribution in [3.63, 3.8) is 0 Å². The van der Waals surface area contributed by atoms with E-state index in [2.05, 4.69) is 10.3 Å². The zero-order valence-electron chi connectivity index (χ0n) is 16.1. The fourth-order valence-electron chi connectivity index (χ4n) is 3.07. The van der Waals surface area contributed by atoms with Crippen molar-refractivity contribution in [1.82, 2.24) is 4.98 Å². The molecule has 0 unspecified atom stereocenters. The van der Waals surface area contributed by atoms with Crippen LogP contribution in [0.4, 0.5) is 11.4 Å². The lowest BCUT2D eigenvalue weighted by Gasteiger charge is -2.09. The van der Waals surface area contributed by atoms with Crippen LogP contribution in [0.1, 0.15) is 21.5 Å². The topological polar surface area (TPSA) is 98.3 Å². The zero-order chi connectivity index (χ0) is 21.4. The van der Waals surface area contributed by atoms with Crippen LogP contribution in [0.5, 0.6) is 0 Å². The van der Waals surface area contributed by atoms with E-state index in [1.165, 1.54) is 18.2 Å². The van der Waals surface area contributed by atoms with Crippen LogP contribution in [0.3, 0.4) is 0 Å². The number of para-hydroxylation sites is 1. The summed E-state index contributed by atoms with van der Waals surface area (Å²) in [4.78, 5) is 27.8. The average Bonchev–Trinajstić information content (AvgIpc) is 3.12. The number of amides is 1. The Morgan fingerprint density at radius 2 is 1.83 bits per heavy atom. The van der Waals surface area contributed by atoms with Gasteiger partial charge in [0, 0.05) is 11.6 Å². The van der Waals surface area contributed by atoms with E-state index in [1.807, 2.05) is 26.0 Å². The van der Waals surface area contributed by atoms with Gasteiger partial charge < -0.3 is 9.73 Å². The Balaban J connectivity index is 1.69. The molecule has 0 aliphatic rings. The van der Waals surface area contributed by atoms with Crippen molar-refractivity contribution in [3.05, 3.63) is 86.4 Å². The average molecular weight is 422 g/mol. The number of aryl methyl sites for hydroxylation is 2. The maximum atomic E-state index is 12.6. The lowest BCUT2D eigenvalue weighted by Crippen LogP contribution is -2.14. The number of oxazole rings is 1. The lowest BCUT2D eigenvalue weighted by atomic mass is 10.1. The third kappa shape index (κ3) is 3.62. The molecule has 7 nitrogen and oxygen atoms in total. The van der Waals surface area contributed by atoms with Crippen molar-refractivity contribution >= 4 is 40.0 Å². The van der Waals surface area contributed by atoms with E-state index in [0.717, 1.165) is 16.6 Å². The summed E-state index contributed by atoms with van der Waals surface area (Å²) in [5, 5.41) is 14.1. The molecule has 3 aromatic carbocycles. The number of rotatable bonds is 4. The number of fused-ring (bicyclic) bond motifs is 1. The molecule has 1 amide bonds. The van der Waals surface area contributed by atoms with Crippen molar-refractivity contribution in [3.8, 4) is 11.5 Å². The number of carbonyl (C=O) groups is 1. The largest absolute Gasteiger partial charge is 0.436 e. The van der Waals surface area contributed by atoms with E-state index in [1.54, 1.807) is 24.3 Å². The van der Waals surface area contributed by atoms with Gasteiger partial charge in [0.2, 0.25) is 5.89 Å². The molecule has 8 heteroatoms. The van der Waals surface area contributed by atoms with Gasteiger partial charge in [0.15, 0.2) is 5.58 Å².